The number of carboxylic acids is 1. The molecule has 0 aromatic rings. The zero-order valence-corrected chi connectivity index (χ0v) is 9.74. The topological polar surface area (TPSA) is 91.8 Å². The molecule has 0 radical (unpaired) electrons. The molecule has 0 fully saturated rings. The summed E-state index contributed by atoms with van der Waals surface area (Å²) in [7, 11) is -0.772. The van der Waals surface area contributed by atoms with Crippen molar-refractivity contribution in [2.24, 2.45) is 0 Å². The Morgan fingerprint density at radius 1 is 1.33 bits per heavy atom. The highest BCUT2D eigenvalue weighted by atomic mass is 32.2. The first-order chi connectivity index (χ1) is 6.68. The van der Waals surface area contributed by atoms with E-state index in [2.05, 4.69) is 0 Å². The first-order valence-corrected chi connectivity index (χ1v) is 6.04. The van der Waals surface area contributed by atoms with E-state index in [4.69, 9.17) is 5.11 Å². The van der Waals surface area contributed by atoms with Crippen LogP contribution in [0.15, 0.2) is 0 Å². The third-order valence-corrected chi connectivity index (χ3v) is 3.98. The standard InChI is InChI=1S/C8H15NO5S/c1-6(8(12)9(2)3)15(13,14)5-4-7(10)11/h6H,4-5H2,1-3H3,(H,10,11). The SMILES string of the molecule is CC(C(=O)N(C)C)S(=O)(=O)CCC(=O)O. The molecule has 1 amide bonds. The molecular formula is C8H15NO5S. The van der Waals surface area contributed by atoms with Crippen molar-refractivity contribution in [3.05, 3.63) is 0 Å². The predicted octanol–water partition coefficient (Wildman–Crippen LogP) is -0.647. The van der Waals surface area contributed by atoms with E-state index in [9.17, 15) is 18.0 Å². The molecule has 0 aromatic carbocycles. The number of amides is 1. The molecule has 0 rings (SSSR count). The average Bonchev–Trinajstić information content (AvgIpc) is 2.12. The van der Waals surface area contributed by atoms with Crippen molar-refractivity contribution in [2.75, 3.05) is 19.8 Å². The molecular weight excluding hydrogens is 222 g/mol. The normalized spacial score (nSPS) is 13.3. The van der Waals surface area contributed by atoms with Gasteiger partial charge in [0.1, 0.15) is 5.25 Å². The van der Waals surface area contributed by atoms with Crippen LogP contribution in [0.5, 0.6) is 0 Å². The fraction of sp³-hybridized carbons (Fsp3) is 0.750. The number of sulfone groups is 1. The molecule has 1 atom stereocenters. The highest BCUT2D eigenvalue weighted by Crippen LogP contribution is 2.06. The zero-order chi connectivity index (χ0) is 12.2. The highest BCUT2D eigenvalue weighted by molar-refractivity contribution is 7.92. The summed E-state index contributed by atoms with van der Waals surface area (Å²) in [6.07, 6.45) is -0.479. The van der Waals surface area contributed by atoms with Crippen LogP contribution in [0.1, 0.15) is 13.3 Å². The van der Waals surface area contributed by atoms with Gasteiger partial charge in [-0.1, -0.05) is 0 Å². The number of carbonyl (C=O) groups is 2. The van der Waals surface area contributed by atoms with Crippen molar-refractivity contribution >= 4 is 21.7 Å². The van der Waals surface area contributed by atoms with Crippen molar-refractivity contribution in [2.45, 2.75) is 18.6 Å². The van der Waals surface area contributed by atoms with Crippen LogP contribution in [0, 0.1) is 0 Å². The molecule has 0 saturated heterocycles. The summed E-state index contributed by atoms with van der Waals surface area (Å²) in [6.45, 7) is 1.26. The predicted molar refractivity (Wildman–Crippen MR) is 54.2 cm³/mol. The highest BCUT2D eigenvalue weighted by Gasteiger charge is 2.29. The van der Waals surface area contributed by atoms with Gasteiger partial charge in [-0.15, -0.1) is 0 Å². The molecule has 0 heterocycles. The molecule has 0 spiro atoms. The largest absolute Gasteiger partial charge is 0.481 e. The first kappa shape index (κ1) is 13.9. The summed E-state index contributed by atoms with van der Waals surface area (Å²) in [5, 5.41) is 7.16. The van der Waals surface area contributed by atoms with Crippen LogP contribution in [0.2, 0.25) is 0 Å². The molecule has 1 N–H and O–H groups in total. The molecule has 1 unspecified atom stereocenters. The van der Waals surface area contributed by atoms with Gasteiger partial charge >= 0.3 is 5.97 Å². The number of carbonyl (C=O) groups excluding carboxylic acids is 1. The summed E-state index contributed by atoms with van der Waals surface area (Å²) < 4.78 is 22.9. The van der Waals surface area contributed by atoms with Gasteiger partial charge in [0.05, 0.1) is 12.2 Å². The van der Waals surface area contributed by atoms with Crippen molar-refractivity contribution < 1.29 is 23.1 Å². The Labute approximate surface area is 88.8 Å². The van der Waals surface area contributed by atoms with E-state index in [1.165, 1.54) is 25.9 Å². The second kappa shape index (κ2) is 5.11. The monoisotopic (exact) mass is 237 g/mol. The summed E-state index contributed by atoms with van der Waals surface area (Å²) in [6, 6.07) is 0. The Bertz CT molecular complexity index is 346. The van der Waals surface area contributed by atoms with Crippen LogP contribution < -0.4 is 0 Å². The van der Waals surface area contributed by atoms with Gasteiger partial charge in [0.2, 0.25) is 5.91 Å². The Hall–Kier alpha value is -1.11. The van der Waals surface area contributed by atoms with E-state index >= 15 is 0 Å². The first-order valence-electron chi connectivity index (χ1n) is 4.33. The second-order valence-electron chi connectivity index (χ2n) is 3.39. The van der Waals surface area contributed by atoms with Gasteiger partial charge in [0, 0.05) is 14.1 Å². The summed E-state index contributed by atoms with van der Waals surface area (Å²) >= 11 is 0. The van der Waals surface area contributed by atoms with E-state index < -0.39 is 39.1 Å². The number of aliphatic carboxylic acids is 1. The van der Waals surface area contributed by atoms with E-state index in [0.29, 0.717) is 0 Å². The van der Waals surface area contributed by atoms with Crippen LogP contribution in [0.4, 0.5) is 0 Å². The lowest BCUT2D eigenvalue weighted by molar-refractivity contribution is -0.136. The number of hydrogen-bond donors (Lipinski definition) is 1. The van der Waals surface area contributed by atoms with Gasteiger partial charge in [-0.2, -0.15) is 0 Å². The van der Waals surface area contributed by atoms with Gasteiger partial charge in [-0.05, 0) is 6.92 Å². The molecule has 0 aliphatic heterocycles. The van der Waals surface area contributed by atoms with Gasteiger partial charge < -0.3 is 10.0 Å². The molecule has 0 bridgehead atoms. The third-order valence-electron chi connectivity index (χ3n) is 1.93. The molecule has 0 aliphatic rings. The van der Waals surface area contributed by atoms with E-state index in [1.54, 1.807) is 0 Å². The molecule has 0 aliphatic carbocycles. The Morgan fingerprint density at radius 2 is 1.80 bits per heavy atom. The summed E-state index contributed by atoms with van der Waals surface area (Å²) in [5.74, 6) is -2.24. The third kappa shape index (κ3) is 4.28. The fourth-order valence-corrected chi connectivity index (χ4v) is 2.25. The van der Waals surface area contributed by atoms with Gasteiger partial charge in [0.25, 0.3) is 0 Å². The van der Waals surface area contributed by atoms with Crippen molar-refractivity contribution in [1.29, 1.82) is 0 Å². The van der Waals surface area contributed by atoms with Crippen LogP contribution in [0.25, 0.3) is 0 Å². The maximum atomic E-state index is 11.5. The number of nitrogens with zero attached hydrogens (tertiary/aromatic N) is 1. The van der Waals surface area contributed by atoms with E-state index in [1.807, 2.05) is 0 Å². The smallest absolute Gasteiger partial charge is 0.304 e. The lowest BCUT2D eigenvalue weighted by atomic mass is 10.4. The number of hydrogen-bond acceptors (Lipinski definition) is 4. The van der Waals surface area contributed by atoms with Crippen molar-refractivity contribution in [3.63, 3.8) is 0 Å². The van der Waals surface area contributed by atoms with E-state index in [0.717, 1.165) is 0 Å². The van der Waals surface area contributed by atoms with Crippen LogP contribution in [-0.4, -0.2) is 55.4 Å². The molecule has 88 valence electrons. The van der Waals surface area contributed by atoms with Gasteiger partial charge in [0.15, 0.2) is 9.84 Å². The average molecular weight is 237 g/mol. The van der Waals surface area contributed by atoms with Crippen LogP contribution in [-0.2, 0) is 19.4 Å². The molecule has 15 heavy (non-hydrogen) atoms. The minimum absolute atomic E-state index is 0.479. The summed E-state index contributed by atoms with van der Waals surface area (Å²) in [5.41, 5.74) is 0. The molecule has 7 heteroatoms. The molecule has 6 nitrogen and oxygen atoms in total. The number of rotatable bonds is 5. The molecule has 0 aromatic heterocycles. The van der Waals surface area contributed by atoms with Gasteiger partial charge in [-0.25, -0.2) is 8.42 Å². The van der Waals surface area contributed by atoms with Crippen molar-refractivity contribution in [1.82, 2.24) is 4.90 Å². The second-order valence-corrected chi connectivity index (χ2v) is 5.83. The van der Waals surface area contributed by atoms with Crippen LogP contribution >= 0.6 is 0 Å². The number of carboxylic acid groups (broad SMARTS) is 1. The maximum absolute atomic E-state index is 11.5. The summed E-state index contributed by atoms with van der Waals surface area (Å²) in [4.78, 5) is 22.7. The Balaban J connectivity index is 4.60. The van der Waals surface area contributed by atoms with Crippen LogP contribution in [0.3, 0.4) is 0 Å². The fourth-order valence-electron chi connectivity index (χ4n) is 0.924. The lowest BCUT2D eigenvalue weighted by Gasteiger charge is -2.16. The van der Waals surface area contributed by atoms with Crippen molar-refractivity contribution in [3.8, 4) is 0 Å². The van der Waals surface area contributed by atoms with Gasteiger partial charge in [-0.3, -0.25) is 9.59 Å². The molecule has 0 saturated carbocycles. The maximum Gasteiger partial charge on any atom is 0.304 e. The van der Waals surface area contributed by atoms with E-state index in [-0.39, 0.29) is 0 Å². The quantitative estimate of drug-likeness (QED) is 0.686. The minimum atomic E-state index is -3.67. The lowest BCUT2D eigenvalue weighted by Crippen LogP contribution is -2.38. The Kier molecular flexibility index (Phi) is 4.73. The Morgan fingerprint density at radius 3 is 2.13 bits per heavy atom. The zero-order valence-electron chi connectivity index (χ0n) is 8.93. The minimum Gasteiger partial charge on any atom is -0.481 e.